The van der Waals surface area contributed by atoms with Crippen LogP contribution in [0.4, 0.5) is 24.7 Å². The van der Waals surface area contributed by atoms with E-state index in [1.807, 2.05) is 6.92 Å². The highest BCUT2D eigenvalue weighted by Gasteiger charge is 2.30. The van der Waals surface area contributed by atoms with E-state index in [0.29, 0.717) is 25.7 Å². The molecule has 0 atom stereocenters. The standard InChI is InChI=1S/C21H17ClF3N5O3/c1-8(4-26)9-5-29(6-9)17-12(23)2-10-16(15(17)22)30(7-11(18(10)31)21(32)33)20-14(25)3-13(24)19(27)28-20/h2-3,7H,4-6,26H2,1H3,(H2,27,28)(H,32,33). The zero-order valence-electron chi connectivity index (χ0n) is 17.1. The first-order valence-corrected chi connectivity index (χ1v) is 9.98. The predicted octanol–water partition coefficient (Wildman–Crippen LogP) is 2.83. The number of rotatable bonds is 4. The van der Waals surface area contributed by atoms with Crippen molar-refractivity contribution < 1.29 is 23.1 Å². The van der Waals surface area contributed by atoms with Crippen molar-refractivity contribution in [1.82, 2.24) is 9.55 Å². The Hall–Kier alpha value is -3.57. The first kappa shape index (κ1) is 22.6. The third kappa shape index (κ3) is 3.58. The lowest BCUT2D eigenvalue weighted by molar-refractivity contribution is 0.0695. The number of nitrogens with zero attached hydrogens (tertiary/aromatic N) is 3. The molecule has 4 rings (SSSR count). The van der Waals surface area contributed by atoms with Crippen molar-refractivity contribution in [2.75, 3.05) is 30.3 Å². The summed E-state index contributed by atoms with van der Waals surface area (Å²) in [5, 5.41) is 8.75. The van der Waals surface area contributed by atoms with Gasteiger partial charge in [-0.1, -0.05) is 17.2 Å². The maximum absolute atomic E-state index is 15.1. The van der Waals surface area contributed by atoms with Gasteiger partial charge in [0.2, 0.25) is 5.43 Å². The lowest BCUT2D eigenvalue weighted by Crippen LogP contribution is -2.42. The molecule has 172 valence electrons. The molecule has 1 aromatic carbocycles. The minimum atomic E-state index is -1.64. The van der Waals surface area contributed by atoms with E-state index < -0.39 is 51.4 Å². The summed E-state index contributed by atoms with van der Waals surface area (Å²) < 4.78 is 44.3. The van der Waals surface area contributed by atoms with E-state index in [-0.39, 0.29) is 16.2 Å². The Morgan fingerprint density at radius 3 is 2.48 bits per heavy atom. The smallest absolute Gasteiger partial charge is 0.341 e. The van der Waals surface area contributed by atoms with E-state index in [1.165, 1.54) is 0 Å². The number of anilines is 2. The molecule has 0 unspecified atom stereocenters. The van der Waals surface area contributed by atoms with Crippen molar-refractivity contribution in [3.05, 3.63) is 67.7 Å². The van der Waals surface area contributed by atoms with Gasteiger partial charge in [-0.2, -0.15) is 0 Å². The topological polar surface area (TPSA) is 127 Å². The van der Waals surface area contributed by atoms with E-state index in [9.17, 15) is 23.5 Å². The average Bonchev–Trinajstić information content (AvgIpc) is 2.72. The maximum atomic E-state index is 15.1. The average molecular weight is 480 g/mol. The van der Waals surface area contributed by atoms with Gasteiger partial charge in [0.25, 0.3) is 0 Å². The van der Waals surface area contributed by atoms with Gasteiger partial charge in [0.15, 0.2) is 23.3 Å². The molecule has 33 heavy (non-hydrogen) atoms. The van der Waals surface area contributed by atoms with Gasteiger partial charge in [0.05, 0.1) is 21.6 Å². The van der Waals surface area contributed by atoms with Crippen molar-refractivity contribution in [2.45, 2.75) is 6.92 Å². The van der Waals surface area contributed by atoms with Gasteiger partial charge in [-0.15, -0.1) is 0 Å². The number of carboxylic acid groups (broad SMARTS) is 1. The van der Waals surface area contributed by atoms with Crippen molar-refractivity contribution in [2.24, 2.45) is 5.73 Å². The number of hydrogen-bond acceptors (Lipinski definition) is 6. The van der Waals surface area contributed by atoms with Crippen LogP contribution in [0.15, 0.2) is 34.3 Å². The van der Waals surface area contributed by atoms with Gasteiger partial charge < -0.3 is 21.5 Å². The predicted molar refractivity (Wildman–Crippen MR) is 118 cm³/mol. The Morgan fingerprint density at radius 1 is 1.21 bits per heavy atom. The second-order valence-corrected chi connectivity index (χ2v) is 7.95. The Morgan fingerprint density at radius 2 is 1.88 bits per heavy atom. The zero-order valence-corrected chi connectivity index (χ0v) is 17.9. The fourth-order valence-electron chi connectivity index (χ4n) is 3.64. The molecular weight excluding hydrogens is 463 g/mol. The highest BCUT2D eigenvalue weighted by Crippen LogP contribution is 2.39. The van der Waals surface area contributed by atoms with E-state index in [2.05, 4.69) is 4.98 Å². The largest absolute Gasteiger partial charge is 0.477 e. The van der Waals surface area contributed by atoms with Crippen molar-refractivity contribution in [3.63, 3.8) is 0 Å². The van der Waals surface area contributed by atoms with Crippen LogP contribution in [0.25, 0.3) is 16.7 Å². The summed E-state index contributed by atoms with van der Waals surface area (Å²) in [6.07, 6.45) is 0.795. The second kappa shape index (κ2) is 8.09. The first-order chi connectivity index (χ1) is 15.5. The molecule has 1 fully saturated rings. The number of carbonyl (C=O) groups is 1. The fraction of sp³-hybridized carbons (Fsp3) is 0.190. The first-order valence-electron chi connectivity index (χ1n) is 9.60. The van der Waals surface area contributed by atoms with Gasteiger partial charge in [0, 0.05) is 31.9 Å². The number of halogens is 4. The molecule has 1 saturated heterocycles. The molecule has 1 aliphatic heterocycles. The normalized spacial score (nSPS) is 13.4. The van der Waals surface area contributed by atoms with E-state index in [4.69, 9.17) is 23.1 Å². The van der Waals surface area contributed by atoms with Gasteiger partial charge in [-0.05, 0) is 18.6 Å². The van der Waals surface area contributed by atoms with Gasteiger partial charge in [0.1, 0.15) is 11.4 Å². The molecule has 0 saturated carbocycles. The fourth-order valence-corrected chi connectivity index (χ4v) is 4.04. The molecule has 0 spiro atoms. The summed E-state index contributed by atoms with van der Waals surface area (Å²) in [7, 11) is 0. The van der Waals surface area contributed by atoms with Crippen molar-refractivity contribution in [3.8, 4) is 5.82 Å². The SMILES string of the molecule is CC(CN)=C1CN(c2c(F)cc3c(=O)c(C(=O)O)cn(-c4nc(N)c(F)cc4F)c3c2Cl)C1. The molecule has 12 heteroatoms. The lowest BCUT2D eigenvalue weighted by Gasteiger charge is -2.38. The van der Waals surface area contributed by atoms with Gasteiger partial charge >= 0.3 is 5.97 Å². The molecule has 0 amide bonds. The number of aromatic carboxylic acids is 1. The number of carboxylic acids is 1. The summed E-state index contributed by atoms with van der Waals surface area (Å²) in [5.74, 6) is -6.10. The maximum Gasteiger partial charge on any atom is 0.341 e. The Kier molecular flexibility index (Phi) is 5.54. The van der Waals surface area contributed by atoms with Crippen LogP contribution in [-0.2, 0) is 0 Å². The number of aromatic nitrogens is 2. The molecule has 0 bridgehead atoms. The van der Waals surface area contributed by atoms with Crippen molar-refractivity contribution in [1.29, 1.82) is 0 Å². The van der Waals surface area contributed by atoms with Crippen LogP contribution in [0.2, 0.25) is 5.02 Å². The monoisotopic (exact) mass is 479 g/mol. The molecule has 0 radical (unpaired) electrons. The zero-order chi connectivity index (χ0) is 24.2. The van der Waals surface area contributed by atoms with Crippen LogP contribution in [-0.4, -0.2) is 40.3 Å². The molecule has 0 aliphatic carbocycles. The van der Waals surface area contributed by atoms with Crippen LogP contribution < -0.4 is 21.8 Å². The highest BCUT2D eigenvalue weighted by atomic mass is 35.5. The summed E-state index contributed by atoms with van der Waals surface area (Å²) >= 11 is 6.51. The third-order valence-electron chi connectivity index (χ3n) is 5.54. The number of nitrogens with two attached hydrogens (primary N) is 2. The quantitative estimate of drug-likeness (QED) is 0.491. The second-order valence-electron chi connectivity index (χ2n) is 7.57. The van der Waals surface area contributed by atoms with Gasteiger partial charge in [-0.3, -0.25) is 9.36 Å². The summed E-state index contributed by atoms with van der Waals surface area (Å²) in [5.41, 5.74) is 11.0. The van der Waals surface area contributed by atoms with Crippen LogP contribution in [0.5, 0.6) is 0 Å². The Balaban J connectivity index is 2.05. The molecule has 5 N–H and O–H groups in total. The molecule has 2 aromatic heterocycles. The van der Waals surface area contributed by atoms with Crippen LogP contribution in [0.1, 0.15) is 17.3 Å². The minimum Gasteiger partial charge on any atom is -0.477 e. The molecular formula is C21H17ClF3N5O3. The number of benzene rings is 1. The Labute approximate surface area is 189 Å². The minimum absolute atomic E-state index is 0.0653. The molecule has 1 aliphatic rings. The molecule has 8 nitrogen and oxygen atoms in total. The lowest BCUT2D eigenvalue weighted by atomic mass is 10.00. The number of fused-ring (bicyclic) bond motifs is 1. The highest BCUT2D eigenvalue weighted by molar-refractivity contribution is 6.38. The van der Waals surface area contributed by atoms with Crippen LogP contribution in [0.3, 0.4) is 0 Å². The number of hydrogen-bond donors (Lipinski definition) is 3. The van der Waals surface area contributed by atoms with Crippen LogP contribution >= 0.6 is 11.6 Å². The summed E-state index contributed by atoms with van der Waals surface area (Å²) in [6, 6.07) is 1.30. The van der Waals surface area contributed by atoms with Crippen molar-refractivity contribution >= 4 is 40.0 Å². The van der Waals surface area contributed by atoms with E-state index in [0.717, 1.165) is 28.0 Å². The molecule has 3 aromatic rings. The number of pyridine rings is 2. The molecule has 3 heterocycles. The summed E-state index contributed by atoms with van der Waals surface area (Å²) in [4.78, 5) is 29.6. The van der Waals surface area contributed by atoms with E-state index >= 15 is 4.39 Å². The van der Waals surface area contributed by atoms with Gasteiger partial charge in [-0.25, -0.2) is 22.9 Å². The summed E-state index contributed by atoms with van der Waals surface area (Å²) in [6.45, 7) is 2.85. The van der Waals surface area contributed by atoms with Crippen LogP contribution in [0, 0.1) is 17.5 Å². The number of nitrogen functional groups attached to an aromatic ring is 1. The third-order valence-corrected chi connectivity index (χ3v) is 5.90. The Bertz CT molecular complexity index is 1430. The van der Waals surface area contributed by atoms with E-state index in [1.54, 1.807) is 4.90 Å².